The average molecular weight is 212 g/mol. The highest BCUT2D eigenvalue weighted by Crippen LogP contribution is 2.29. The lowest BCUT2D eigenvalue weighted by Crippen LogP contribution is -2.45. The Balaban J connectivity index is 2.40. The van der Waals surface area contributed by atoms with Gasteiger partial charge in [-0.2, -0.15) is 0 Å². The largest absolute Gasteiger partial charge is 0.342 e. The molecule has 88 valence electrons. The van der Waals surface area contributed by atoms with E-state index in [2.05, 4.69) is 29.2 Å². The first-order chi connectivity index (χ1) is 7.31. The van der Waals surface area contributed by atoms with Crippen LogP contribution in [0.15, 0.2) is 4.99 Å². The summed E-state index contributed by atoms with van der Waals surface area (Å²) in [5.74, 6) is 7.23. The number of hydrogen-bond acceptors (Lipinski definition) is 2. The summed E-state index contributed by atoms with van der Waals surface area (Å²) in [6.07, 6.45) is 5.04. The maximum Gasteiger partial charge on any atom is 0.208 e. The predicted octanol–water partition coefficient (Wildman–Crippen LogP) is 1.34. The first-order valence-electron chi connectivity index (χ1n) is 6.07. The Kier molecular flexibility index (Phi) is 5.47. The molecule has 1 aliphatic carbocycles. The van der Waals surface area contributed by atoms with Crippen molar-refractivity contribution >= 4 is 5.96 Å². The number of aliphatic imine (C=N–C) groups is 1. The first-order valence-corrected chi connectivity index (χ1v) is 6.07. The number of nitrogens with one attached hydrogen (secondary N) is 1. The minimum absolute atomic E-state index is 0.859. The van der Waals surface area contributed by atoms with Crippen LogP contribution in [0, 0.1) is 5.92 Å². The molecule has 0 bridgehead atoms. The Morgan fingerprint density at radius 2 is 2.20 bits per heavy atom. The molecule has 0 radical (unpaired) electrons. The van der Waals surface area contributed by atoms with E-state index in [-0.39, 0.29) is 0 Å². The molecule has 15 heavy (non-hydrogen) atoms. The third kappa shape index (κ3) is 4.51. The first kappa shape index (κ1) is 12.3. The van der Waals surface area contributed by atoms with Gasteiger partial charge in [-0.15, -0.1) is 0 Å². The third-order valence-electron chi connectivity index (χ3n) is 2.76. The van der Waals surface area contributed by atoms with Crippen molar-refractivity contribution in [2.45, 2.75) is 39.5 Å². The smallest absolute Gasteiger partial charge is 0.208 e. The van der Waals surface area contributed by atoms with E-state index in [0.29, 0.717) is 0 Å². The van der Waals surface area contributed by atoms with Gasteiger partial charge in [0.1, 0.15) is 0 Å². The highest BCUT2D eigenvalue weighted by molar-refractivity contribution is 5.79. The zero-order valence-electron chi connectivity index (χ0n) is 10.00. The highest BCUT2D eigenvalue weighted by Gasteiger charge is 2.24. The summed E-state index contributed by atoms with van der Waals surface area (Å²) in [6, 6.07) is 0. The minimum atomic E-state index is 0.859. The van der Waals surface area contributed by atoms with Gasteiger partial charge in [0.05, 0.1) is 0 Å². The Bertz CT molecular complexity index is 199. The van der Waals surface area contributed by atoms with E-state index >= 15 is 0 Å². The van der Waals surface area contributed by atoms with Gasteiger partial charge in [0.15, 0.2) is 0 Å². The molecule has 0 spiro atoms. The second kappa shape index (κ2) is 6.67. The van der Waals surface area contributed by atoms with Crippen LogP contribution < -0.4 is 11.3 Å². The van der Waals surface area contributed by atoms with Gasteiger partial charge in [-0.3, -0.25) is 10.4 Å². The number of nitrogens with two attached hydrogens (primary N) is 1. The average Bonchev–Trinajstić information content (AvgIpc) is 3.06. The molecule has 3 N–H and O–H groups in total. The van der Waals surface area contributed by atoms with Crippen LogP contribution in [0.1, 0.15) is 39.5 Å². The number of guanidine groups is 1. The maximum atomic E-state index is 5.51. The minimum Gasteiger partial charge on any atom is -0.342 e. The molecule has 0 aliphatic heterocycles. The van der Waals surface area contributed by atoms with Crippen molar-refractivity contribution in [3.05, 3.63) is 0 Å². The summed E-state index contributed by atoms with van der Waals surface area (Å²) in [4.78, 5) is 6.73. The van der Waals surface area contributed by atoms with E-state index in [0.717, 1.165) is 37.9 Å². The second-order valence-corrected chi connectivity index (χ2v) is 4.19. The van der Waals surface area contributed by atoms with Crippen LogP contribution in [0.5, 0.6) is 0 Å². The van der Waals surface area contributed by atoms with Gasteiger partial charge >= 0.3 is 0 Å². The molecule has 1 rings (SSSR count). The zero-order valence-corrected chi connectivity index (χ0v) is 10.00. The summed E-state index contributed by atoms with van der Waals surface area (Å²) in [5, 5.41) is 0. The number of unbranched alkanes of at least 4 members (excludes halogenated alkanes) is 1. The van der Waals surface area contributed by atoms with E-state index < -0.39 is 0 Å². The van der Waals surface area contributed by atoms with Gasteiger partial charge in [-0.25, -0.2) is 5.84 Å². The quantitative estimate of drug-likeness (QED) is 0.230. The molecule has 0 aromatic rings. The standard InChI is InChI=1S/C11H24N4/c1-3-5-8-13-11(14-12)15(4-2)9-10-6-7-10/h10H,3-9,12H2,1-2H3,(H,13,14). The summed E-state index contributed by atoms with van der Waals surface area (Å²) in [5.41, 5.74) is 2.72. The van der Waals surface area contributed by atoms with Crippen molar-refractivity contribution in [1.29, 1.82) is 0 Å². The van der Waals surface area contributed by atoms with Crippen molar-refractivity contribution in [2.24, 2.45) is 16.8 Å². The number of hydrazine groups is 1. The molecule has 4 heteroatoms. The number of rotatable bonds is 6. The molecule has 0 aromatic carbocycles. The molecule has 0 saturated heterocycles. The summed E-state index contributed by atoms with van der Waals surface area (Å²) >= 11 is 0. The van der Waals surface area contributed by atoms with Gasteiger partial charge in [0.25, 0.3) is 0 Å². The van der Waals surface area contributed by atoms with E-state index in [1.807, 2.05) is 0 Å². The maximum absolute atomic E-state index is 5.51. The second-order valence-electron chi connectivity index (χ2n) is 4.19. The Labute approximate surface area is 92.9 Å². The molecule has 4 nitrogen and oxygen atoms in total. The molecule has 0 aromatic heterocycles. The van der Waals surface area contributed by atoms with Crippen molar-refractivity contribution in [3.8, 4) is 0 Å². The lowest BCUT2D eigenvalue weighted by molar-refractivity contribution is 0.403. The fourth-order valence-corrected chi connectivity index (χ4v) is 1.56. The lowest BCUT2D eigenvalue weighted by Gasteiger charge is -2.23. The van der Waals surface area contributed by atoms with Crippen LogP contribution in [0.25, 0.3) is 0 Å². The monoisotopic (exact) mass is 212 g/mol. The molecular weight excluding hydrogens is 188 g/mol. The zero-order chi connectivity index (χ0) is 11.1. The fraction of sp³-hybridized carbons (Fsp3) is 0.909. The molecule has 0 unspecified atom stereocenters. The van der Waals surface area contributed by atoms with Crippen molar-refractivity contribution in [1.82, 2.24) is 10.3 Å². The van der Waals surface area contributed by atoms with Crippen LogP contribution in [0.2, 0.25) is 0 Å². The lowest BCUT2D eigenvalue weighted by atomic mass is 10.3. The number of nitrogens with zero attached hydrogens (tertiary/aromatic N) is 2. The van der Waals surface area contributed by atoms with Crippen molar-refractivity contribution in [3.63, 3.8) is 0 Å². The molecule has 0 atom stereocenters. The summed E-state index contributed by atoms with van der Waals surface area (Å²) in [7, 11) is 0. The normalized spacial score (nSPS) is 16.6. The SMILES string of the molecule is CCCCN=C(NN)N(CC)CC1CC1. The van der Waals surface area contributed by atoms with Crippen LogP contribution in [0.3, 0.4) is 0 Å². The van der Waals surface area contributed by atoms with E-state index in [1.54, 1.807) is 0 Å². The Hall–Kier alpha value is -0.770. The molecule has 0 heterocycles. The van der Waals surface area contributed by atoms with Gasteiger partial charge in [0, 0.05) is 19.6 Å². The van der Waals surface area contributed by atoms with Crippen molar-refractivity contribution in [2.75, 3.05) is 19.6 Å². The molecular formula is C11H24N4. The Morgan fingerprint density at radius 3 is 2.67 bits per heavy atom. The third-order valence-corrected chi connectivity index (χ3v) is 2.76. The Morgan fingerprint density at radius 1 is 1.47 bits per heavy atom. The summed E-state index contributed by atoms with van der Waals surface area (Å²) < 4.78 is 0. The van der Waals surface area contributed by atoms with E-state index in [1.165, 1.54) is 19.3 Å². The molecule has 0 amide bonds. The van der Waals surface area contributed by atoms with Crippen LogP contribution in [0.4, 0.5) is 0 Å². The van der Waals surface area contributed by atoms with Crippen molar-refractivity contribution < 1.29 is 0 Å². The highest BCUT2D eigenvalue weighted by atomic mass is 15.4. The molecule has 1 saturated carbocycles. The van der Waals surface area contributed by atoms with Crippen LogP contribution in [-0.4, -0.2) is 30.5 Å². The van der Waals surface area contributed by atoms with Gasteiger partial charge < -0.3 is 4.90 Å². The predicted molar refractivity (Wildman–Crippen MR) is 64.5 cm³/mol. The fourth-order valence-electron chi connectivity index (χ4n) is 1.56. The summed E-state index contributed by atoms with van der Waals surface area (Å²) in [6.45, 7) is 7.27. The topological polar surface area (TPSA) is 53.6 Å². The van der Waals surface area contributed by atoms with Crippen LogP contribution in [-0.2, 0) is 0 Å². The number of hydrogen-bond donors (Lipinski definition) is 2. The van der Waals surface area contributed by atoms with E-state index in [4.69, 9.17) is 5.84 Å². The van der Waals surface area contributed by atoms with Gasteiger partial charge in [-0.1, -0.05) is 13.3 Å². The molecule has 1 fully saturated rings. The van der Waals surface area contributed by atoms with E-state index in [9.17, 15) is 0 Å². The van der Waals surface area contributed by atoms with Gasteiger partial charge in [0.2, 0.25) is 5.96 Å². The molecule has 1 aliphatic rings. The van der Waals surface area contributed by atoms with Gasteiger partial charge in [-0.05, 0) is 32.1 Å². The van der Waals surface area contributed by atoms with Crippen LogP contribution >= 0.6 is 0 Å².